The Hall–Kier alpha value is -3.10. The second-order valence-electron chi connectivity index (χ2n) is 6.02. The largest absolute Gasteiger partial charge is 0.435 e. The third kappa shape index (κ3) is 3.92. The van der Waals surface area contributed by atoms with Gasteiger partial charge in [0.25, 0.3) is 0 Å². The number of benzene rings is 2. The molecule has 1 aromatic heterocycles. The Morgan fingerprint density at radius 3 is 2.25 bits per heavy atom. The number of halogens is 6. The molecule has 0 spiro atoms. The van der Waals surface area contributed by atoms with Crippen LogP contribution in [-0.4, -0.2) is 15.5 Å². The van der Waals surface area contributed by atoms with Crippen molar-refractivity contribution >= 4 is 11.4 Å². The molecule has 1 heterocycles. The number of nitrogens with zero attached hydrogens (tertiary/aromatic N) is 3. The molecule has 0 aliphatic carbocycles. The lowest BCUT2D eigenvalue weighted by atomic mass is 10.1. The molecule has 0 radical (unpaired) electrons. The van der Waals surface area contributed by atoms with E-state index in [1.807, 2.05) is 0 Å². The Bertz CT molecular complexity index is 1070. The number of hydrogen-bond donors (Lipinski definition) is 0. The molecule has 0 aliphatic heterocycles. The maximum absolute atomic E-state index is 14.5. The summed E-state index contributed by atoms with van der Waals surface area (Å²) in [6.07, 6.45) is -4.65. The fraction of sp³-hybridized carbons (Fsp3) is 0.158. The topological polar surface area (TPSA) is 30.2 Å². The van der Waals surface area contributed by atoms with Crippen molar-refractivity contribution in [2.45, 2.75) is 13.1 Å². The fourth-order valence-electron chi connectivity index (χ4n) is 2.68. The zero-order chi connectivity index (χ0) is 20.6. The van der Waals surface area contributed by atoms with Crippen LogP contribution >= 0.6 is 0 Å². The molecule has 0 N–H and O–H groups in total. The quantitative estimate of drug-likeness (QED) is 0.414. The molecular weight excluding hydrogens is 384 g/mol. The number of alkyl halides is 3. The number of aliphatic imine (C=N–C) groups is 1. The van der Waals surface area contributed by atoms with Crippen LogP contribution < -0.4 is 0 Å². The summed E-state index contributed by atoms with van der Waals surface area (Å²) < 4.78 is 80.6. The summed E-state index contributed by atoms with van der Waals surface area (Å²) in [4.78, 5) is 4.09. The van der Waals surface area contributed by atoms with Gasteiger partial charge in [0.2, 0.25) is 0 Å². The summed E-state index contributed by atoms with van der Waals surface area (Å²) in [7, 11) is 1.28. The van der Waals surface area contributed by atoms with Gasteiger partial charge in [-0.3, -0.25) is 9.67 Å². The normalized spacial score (nSPS) is 12.5. The lowest BCUT2D eigenvalue weighted by Gasteiger charge is -2.06. The maximum Gasteiger partial charge on any atom is 0.435 e. The first-order valence-corrected chi connectivity index (χ1v) is 7.98. The van der Waals surface area contributed by atoms with E-state index >= 15 is 0 Å². The highest BCUT2D eigenvalue weighted by Gasteiger charge is 2.35. The van der Waals surface area contributed by atoms with Crippen LogP contribution in [0.4, 0.5) is 32.0 Å². The fourth-order valence-corrected chi connectivity index (χ4v) is 2.68. The summed E-state index contributed by atoms with van der Waals surface area (Å²) in [6.45, 7) is 1.47. The van der Waals surface area contributed by atoms with E-state index in [1.165, 1.54) is 32.2 Å². The van der Waals surface area contributed by atoms with Gasteiger partial charge in [0.1, 0.15) is 17.5 Å². The van der Waals surface area contributed by atoms with Gasteiger partial charge in [-0.15, -0.1) is 0 Å². The van der Waals surface area contributed by atoms with Crippen LogP contribution in [0.15, 0.2) is 47.5 Å². The summed E-state index contributed by atoms with van der Waals surface area (Å²) in [5.41, 5.74) is -0.914. The van der Waals surface area contributed by atoms with Crippen molar-refractivity contribution in [3.63, 3.8) is 0 Å². The number of aryl methyl sites for hydroxylation is 1. The first-order chi connectivity index (χ1) is 13.1. The van der Waals surface area contributed by atoms with Crippen molar-refractivity contribution in [2.75, 3.05) is 0 Å². The molecule has 2 aromatic carbocycles. The van der Waals surface area contributed by atoms with Gasteiger partial charge in [-0.05, 0) is 37.3 Å². The van der Waals surface area contributed by atoms with Crippen molar-refractivity contribution in [3.05, 3.63) is 71.2 Å². The molecule has 0 unspecified atom stereocenters. The van der Waals surface area contributed by atoms with E-state index in [9.17, 15) is 26.3 Å². The predicted octanol–water partition coefficient (Wildman–Crippen LogP) is 5.66. The van der Waals surface area contributed by atoms with Gasteiger partial charge in [0, 0.05) is 36.0 Å². The molecule has 3 rings (SSSR count). The van der Waals surface area contributed by atoms with Crippen molar-refractivity contribution in [1.82, 2.24) is 9.78 Å². The summed E-state index contributed by atoms with van der Waals surface area (Å²) in [5, 5.41) is 3.35. The minimum Gasteiger partial charge on any atom is -0.267 e. The van der Waals surface area contributed by atoms with Gasteiger partial charge in [0.05, 0.1) is 11.4 Å². The van der Waals surface area contributed by atoms with Crippen LogP contribution in [-0.2, 0) is 13.2 Å². The second-order valence-corrected chi connectivity index (χ2v) is 6.02. The Balaban J connectivity index is 1.96. The lowest BCUT2D eigenvalue weighted by molar-refractivity contribution is -0.141. The molecule has 28 heavy (non-hydrogen) atoms. The highest BCUT2D eigenvalue weighted by molar-refractivity contribution is 6.00. The van der Waals surface area contributed by atoms with E-state index < -0.39 is 29.3 Å². The van der Waals surface area contributed by atoms with E-state index in [0.717, 1.165) is 22.9 Å². The van der Waals surface area contributed by atoms with Crippen LogP contribution in [0.2, 0.25) is 0 Å². The molecule has 0 amide bonds. The molecule has 146 valence electrons. The van der Waals surface area contributed by atoms with Gasteiger partial charge in [-0.25, -0.2) is 13.2 Å². The predicted molar refractivity (Wildman–Crippen MR) is 91.8 cm³/mol. The van der Waals surface area contributed by atoms with Gasteiger partial charge >= 0.3 is 6.18 Å². The van der Waals surface area contributed by atoms with Crippen molar-refractivity contribution in [2.24, 2.45) is 12.0 Å². The first-order valence-electron chi connectivity index (χ1n) is 7.98. The highest BCUT2D eigenvalue weighted by Crippen LogP contribution is 2.33. The molecule has 9 heteroatoms. The third-order valence-corrected chi connectivity index (χ3v) is 4.02. The molecule has 0 fully saturated rings. The molecule has 3 aromatic rings. The number of rotatable bonds is 3. The molecule has 0 saturated heterocycles. The summed E-state index contributed by atoms with van der Waals surface area (Å²) >= 11 is 0. The van der Waals surface area contributed by atoms with E-state index in [1.54, 1.807) is 0 Å². The van der Waals surface area contributed by atoms with Gasteiger partial charge in [-0.1, -0.05) is 0 Å². The van der Waals surface area contributed by atoms with E-state index in [0.29, 0.717) is 6.07 Å². The molecular formula is C19H13F6N3. The average molecular weight is 397 g/mol. The first kappa shape index (κ1) is 19.7. The van der Waals surface area contributed by atoms with Gasteiger partial charge in [-0.2, -0.15) is 18.3 Å². The Morgan fingerprint density at radius 1 is 0.964 bits per heavy atom. The summed E-state index contributed by atoms with van der Waals surface area (Å²) in [6, 6.07) is 7.40. The second kappa shape index (κ2) is 7.14. The number of hydrogen-bond acceptors (Lipinski definition) is 2. The third-order valence-electron chi connectivity index (χ3n) is 4.02. The molecule has 0 saturated carbocycles. The number of aromatic nitrogens is 2. The van der Waals surface area contributed by atoms with E-state index in [4.69, 9.17) is 0 Å². The Labute approximate surface area is 156 Å². The molecule has 0 atom stereocenters. The van der Waals surface area contributed by atoms with E-state index in [2.05, 4.69) is 10.1 Å². The van der Waals surface area contributed by atoms with Gasteiger partial charge < -0.3 is 0 Å². The maximum atomic E-state index is 14.5. The smallest absolute Gasteiger partial charge is 0.267 e. The SMILES string of the molecule is CC(=Nc1ccc(-c2cc(C(F)(F)F)nn2C)c(F)c1)c1ccc(F)cc1F. The zero-order valence-corrected chi connectivity index (χ0v) is 14.7. The van der Waals surface area contributed by atoms with Crippen molar-refractivity contribution in [3.8, 4) is 11.3 Å². The molecule has 0 bridgehead atoms. The highest BCUT2D eigenvalue weighted by atomic mass is 19.4. The monoisotopic (exact) mass is 397 g/mol. The van der Waals surface area contributed by atoms with Crippen LogP contribution in [0.3, 0.4) is 0 Å². The van der Waals surface area contributed by atoms with Crippen LogP contribution in [0.25, 0.3) is 11.3 Å². The minimum atomic E-state index is -4.65. The van der Waals surface area contributed by atoms with Crippen molar-refractivity contribution in [1.29, 1.82) is 0 Å². The van der Waals surface area contributed by atoms with E-state index in [-0.39, 0.29) is 28.2 Å². The minimum absolute atomic E-state index is 0.0485. The van der Waals surface area contributed by atoms with Crippen LogP contribution in [0.5, 0.6) is 0 Å². The molecule has 0 aliphatic rings. The zero-order valence-electron chi connectivity index (χ0n) is 14.7. The summed E-state index contributed by atoms with van der Waals surface area (Å²) in [5.74, 6) is -2.36. The average Bonchev–Trinajstić information content (AvgIpc) is 2.97. The Kier molecular flexibility index (Phi) is 5.01. The van der Waals surface area contributed by atoms with Crippen molar-refractivity contribution < 1.29 is 26.3 Å². The lowest BCUT2D eigenvalue weighted by Crippen LogP contribution is -2.06. The Morgan fingerprint density at radius 2 is 1.68 bits per heavy atom. The van der Waals surface area contributed by atoms with Gasteiger partial charge in [0.15, 0.2) is 5.69 Å². The van der Waals surface area contributed by atoms with Crippen LogP contribution in [0.1, 0.15) is 18.2 Å². The molecule has 3 nitrogen and oxygen atoms in total. The van der Waals surface area contributed by atoms with Crippen LogP contribution in [0, 0.1) is 17.5 Å². The standard InChI is InChI=1S/C19H13F6N3/c1-10(13-5-3-11(20)7-15(13)21)26-12-4-6-14(16(22)8-12)17-9-18(19(23,24)25)27-28(17)2/h3-9H,1-2H3.